The number of carbonyl (C=O) groups is 1. The Balaban J connectivity index is 1.91. The molecule has 1 saturated heterocycles. The molecule has 0 spiro atoms. The summed E-state index contributed by atoms with van der Waals surface area (Å²) in [5.41, 5.74) is 6.40. The molecule has 15 heavy (non-hydrogen) atoms. The molecule has 0 radical (unpaired) electrons. The molecule has 1 aliphatic heterocycles. The van der Waals surface area contributed by atoms with Crippen LogP contribution in [-0.2, 0) is 11.5 Å². The van der Waals surface area contributed by atoms with Crippen LogP contribution in [0.1, 0.15) is 0 Å². The zero-order valence-corrected chi connectivity index (χ0v) is 8.60. The molecule has 1 atom stereocenters. The molecule has 1 fully saturated rings. The Bertz CT molecular complexity index is 336. The Morgan fingerprint density at radius 3 is 3.20 bits per heavy atom. The van der Waals surface area contributed by atoms with E-state index in [9.17, 15) is 4.79 Å². The zero-order chi connectivity index (χ0) is 10.7. The largest absolute Gasteiger partial charge is 0.398 e. The van der Waals surface area contributed by atoms with Crippen LogP contribution in [0.2, 0.25) is 0 Å². The van der Waals surface area contributed by atoms with Gasteiger partial charge in [-0.25, -0.2) is 0 Å². The minimum Gasteiger partial charge on any atom is -0.398 e. The maximum atomic E-state index is 10.6. The van der Waals surface area contributed by atoms with E-state index in [0.29, 0.717) is 0 Å². The van der Waals surface area contributed by atoms with Crippen LogP contribution in [0, 0.1) is 0 Å². The third kappa shape index (κ3) is 2.57. The van der Waals surface area contributed by atoms with Crippen LogP contribution in [0.5, 0.6) is 0 Å². The standard InChI is InChI=1S/C10H16N4O/c11-9-1-3-13(5-9)8-14-4-2-12-10(6-14)7-15/h1,3,5,7,10,12H,2,4,6,8,11H2. The monoisotopic (exact) mass is 208 g/mol. The highest BCUT2D eigenvalue weighted by molar-refractivity contribution is 5.58. The lowest BCUT2D eigenvalue weighted by molar-refractivity contribution is -0.110. The SMILES string of the molecule is Nc1ccn(CN2CCNC(C=O)C2)c1. The van der Waals surface area contributed by atoms with Gasteiger partial charge < -0.3 is 20.4 Å². The Kier molecular flexibility index (Phi) is 3.03. The van der Waals surface area contributed by atoms with E-state index in [2.05, 4.69) is 10.2 Å². The highest BCUT2D eigenvalue weighted by Gasteiger charge is 2.18. The molecule has 2 heterocycles. The highest BCUT2D eigenvalue weighted by Crippen LogP contribution is 2.05. The van der Waals surface area contributed by atoms with Crippen LogP contribution in [0.4, 0.5) is 5.69 Å². The molecule has 5 nitrogen and oxygen atoms in total. The molecule has 1 aliphatic rings. The fourth-order valence-electron chi connectivity index (χ4n) is 1.84. The quantitative estimate of drug-likeness (QED) is 0.657. The number of nitrogens with zero attached hydrogens (tertiary/aromatic N) is 2. The molecule has 1 unspecified atom stereocenters. The average Bonchev–Trinajstić information content (AvgIpc) is 2.64. The summed E-state index contributed by atoms with van der Waals surface area (Å²) in [5.74, 6) is 0. The van der Waals surface area contributed by atoms with Crippen LogP contribution in [0.15, 0.2) is 18.5 Å². The number of hydrogen-bond donors (Lipinski definition) is 2. The minimum absolute atomic E-state index is 0.0355. The molecule has 3 N–H and O–H groups in total. The maximum absolute atomic E-state index is 10.6. The summed E-state index contributed by atoms with van der Waals surface area (Å²) in [4.78, 5) is 12.9. The van der Waals surface area contributed by atoms with E-state index in [1.807, 2.05) is 23.0 Å². The van der Waals surface area contributed by atoms with Crippen molar-refractivity contribution in [1.29, 1.82) is 0 Å². The molecule has 1 aromatic rings. The van der Waals surface area contributed by atoms with Crippen molar-refractivity contribution in [3.63, 3.8) is 0 Å². The molecule has 1 aromatic heterocycles. The summed E-state index contributed by atoms with van der Waals surface area (Å²) in [6.07, 6.45) is 4.82. The molecule has 82 valence electrons. The van der Waals surface area contributed by atoms with Gasteiger partial charge >= 0.3 is 0 Å². The van der Waals surface area contributed by atoms with Crippen molar-refractivity contribution >= 4 is 12.0 Å². The van der Waals surface area contributed by atoms with Gasteiger partial charge in [-0.3, -0.25) is 4.90 Å². The van der Waals surface area contributed by atoms with Crippen LogP contribution in [0.3, 0.4) is 0 Å². The van der Waals surface area contributed by atoms with E-state index >= 15 is 0 Å². The molecule has 0 saturated carbocycles. The molecule has 0 aromatic carbocycles. The third-order valence-corrected chi connectivity index (χ3v) is 2.59. The van der Waals surface area contributed by atoms with Gasteiger partial charge in [-0.1, -0.05) is 0 Å². The molecule has 0 bridgehead atoms. The van der Waals surface area contributed by atoms with Crippen LogP contribution >= 0.6 is 0 Å². The average molecular weight is 208 g/mol. The normalized spacial score (nSPS) is 22.8. The van der Waals surface area contributed by atoms with Gasteiger partial charge in [-0.15, -0.1) is 0 Å². The van der Waals surface area contributed by atoms with E-state index < -0.39 is 0 Å². The predicted molar refractivity (Wildman–Crippen MR) is 58.3 cm³/mol. The molecular formula is C10H16N4O. The second kappa shape index (κ2) is 4.46. The number of carbonyl (C=O) groups excluding carboxylic acids is 1. The second-order valence-corrected chi connectivity index (χ2v) is 3.87. The number of nitrogen functional groups attached to an aromatic ring is 1. The molecule has 5 heteroatoms. The number of aromatic nitrogens is 1. The van der Waals surface area contributed by atoms with E-state index in [1.165, 1.54) is 0 Å². The minimum atomic E-state index is -0.0355. The smallest absolute Gasteiger partial charge is 0.138 e. The molecule has 2 rings (SSSR count). The lowest BCUT2D eigenvalue weighted by atomic mass is 10.2. The Labute approximate surface area is 88.8 Å². The lowest BCUT2D eigenvalue weighted by Crippen LogP contribution is -2.51. The summed E-state index contributed by atoms with van der Waals surface area (Å²) in [6.45, 7) is 3.38. The van der Waals surface area contributed by atoms with Crippen molar-refractivity contribution in [2.75, 3.05) is 25.4 Å². The number of anilines is 1. The summed E-state index contributed by atoms with van der Waals surface area (Å²) < 4.78 is 2.03. The summed E-state index contributed by atoms with van der Waals surface area (Å²) in [7, 11) is 0. The number of hydrogen-bond acceptors (Lipinski definition) is 4. The summed E-state index contributed by atoms with van der Waals surface area (Å²) in [6, 6.07) is 1.84. The fourth-order valence-corrected chi connectivity index (χ4v) is 1.84. The first-order valence-corrected chi connectivity index (χ1v) is 5.10. The first-order chi connectivity index (χ1) is 7.28. The Morgan fingerprint density at radius 1 is 1.67 bits per heavy atom. The van der Waals surface area contributed by atoms with E-state index in [4.69, 9.17) is 5.73 Å². The lowest BCUT2D eigenvalue weighted by Gasteiger charge is -2.31. The number of piperazine rings is 1. The maximum Gasteiger partial charge on any atom is 0.138 e. The van der Waals surface area contributed by atoms with Crippen molar-refractivity contribution in [3.05, 3.63) is 18.5 Å². The fraction of sp³-hybridized carbons (Fsp3) is 0.500. The van der Waals surface area contributed by atoms with Crippen molar-refractivity contribution in [2.45, 2.75) is 12.7 Å². The van der Waals surface area contributed by atoms with Gasteiger partial charge in [0.25, 0.3) is 0 Å². The van der Waals surface area contributed by atoms with Gasteiger partial charge in [0.05, 0.1) is 12.7 Å². The predicted octanol–water partition coefficient (Wildman–Crippen LogP) is -0.500. The molecule has 0 aliphatic carbocycles. The van der Waals surface area contributed by atoms with Crippen LogP contribution in [-0.4, -0.2) is 41.4 Å². The topological polar surface area (TPSA) is 63.3 Å². The van der Waals surface area contributed by atoms with Gasteiger partial charge in [0, 0.05) is 37.7 Å². The van der Waals surface area contributed by atoms with Gasteiger partial charge in [-0.2, -0.15) is 0 Å². The zero-order valence-electron chi connectivity index (χ0n) is 8.60. The van der Waals surface area contributed by atoms with Gasteiger partial charge in [0.15, 0.2) is 0 Å². The van der Waals surface area contributed by atoms with Crippen molar-refractivity contribution < 1.29 is 4.79 Å². The van der Waals surface area contributed by atoms with Crippen LogP contribution < -0.4 is 11.1 Å². The second-order valence-electron chi connectivity index (χ2n) is 3.87. The first kappa shape index (κ1) is 10.2. The highest BCUT2D eigenvalue weighted by atomic mass is 16.1. The van der Waals surface area contributed by atoms with E-state index in [0.717, 1.165) is 38.3 Å². The molecular weight excluding hydrogens is 192 g/mol. The summed E-state index contributed by atoms with van der Waals surface area (Å²) >= 11 is 0. The van der Waals surface area contributed by atoms with Crippen LogP contribution in [0.25, 0.3) is 0 Å². The van der Waals surface area contributed by atoms with E-state index in [1.54, 1.807) is 0 Å². The van der Waals surface area contributed by atoms with Gasteiger partial charge in [-0.05, 0) is 6.07 Å². The van der Waals surface area contributed by atoms with Crippen molar-refractivity contribution in [2.24, 2.45) is 0 Å². The number of nitrogens with two attached hydrogens (primary N) is 1. The Morgan fingerprint density at radius 2 is 2.53 bits per heavy atom. The Hall–Kier alpha value is -1.33. The van der Waals surface area contributed by atoms with Crippen molar-refractivity contribution in [1.82, 2.24) is 14.8 Å². The first-order valence-electron chi connectivity index (χ1n) is 5.10. The van der Waals surface area contributed by atoms with E-state index in [-0.39, 0.29) is 6.04 Å². The third-order valence-electron chi connectivity index (χ3n) is 2.59. The summed E-state index contributed by atoms with van der Waals surface area (Å²) in [5, 5.41) is 3.15. The van der Waals surface area contributed by atoms with Gasteiger partial charge in [0.2, 0.25) is 0 Å². The number of nitrogens with one attached hydrogen (secondary N) is 1. The van der Waals surface area contributed by atoms with Gasteiger partial charge in [0.1, 0.15) is 6.29 Å². The number of aldehydes is 1. The van der Waals surface area contributed by atoms with Crippen molar-refractivity contribution in [3.8, 4) is 0 Å². The molecule has 0 amide bonds. The number of rotatable bonds is 3.